The van der Waals surface area contributed by atoms with E-state index in [0.717, 1.165) is 17.9 Å². The predicted octanol–water partition coefficient (Wildman–Crippen LogP) is 0.0681. The summed E-state index contributed by atoms with van der Waals surface area (Å²) in [6.45, 7) is 0.978. The van der Waals surface area contributed by atoms with Gasteiger partial charge in [0.05, 0.1) is 6.61 Å². The van der Waals surface area contributed by atoms with Crippen LogP contribution in [-0.4, -0.2) is 54.2 Å². The molecule has 2 saturated heterocycles. The van der Waals surface area contributed by atoms with Gasteiger partial charge < -0.3 is 15.4 Å². The lowest BCUT2D eigenvalue weighted by Gasteiger charge is -2.31. The van der Waals surface area contributed by atoms with E-state index >= 15 is 0 Å². The number of likely N-dealkylation sites (N-methyl/N-ethyl adjacent to an activating group) is 1. The first-order valence-corrected chi connectivity index (χ1v) is 6.50. The normalized spacial score (nSPS) is 35.7. The van der Waals surface area contributed by atoms with Crippen molar-refractivity contribution >= 4 is 17.7 Å². The van der Waals surface area contributed by atoms with Gasteiger partial charge in [0, 0.05) is 25.4 Å². The molecule has 2 N–H and O–H groups in total. The van der Waals surface area contributed by atoms with E-state index in [1.54, 1.807) is 0 Å². The minimum Gasteiger partial charge on any atom is -0.379 e. The maximum Gasteiger partial charge on any atom is 0.245 e. The van der Waals surface area contributed by atoms with Gasteiger partial charge in [0.1, 0.15) is 5.54 Å². The monoisotopic (exact) mass is 230 g/mol. The van der Waals surface area contributed by atoms with Crippen molar-refractivity contribution in [3.05, 3.63) is 0 Å². The first kappa shape index (κ1) is 11.2. The number of nitrogens with two attached hydrogens (primary N) is 1. The minimum atomic E-state index is -0.762. The highest BCUT2D eigenvalue weighted by molar-refractivity contribution is 7.99. The largest absolute Gasteiger partial charge is 0.379 e. The van der Waals surface area contributed by atoms with Crippen LogP contribution in [0.4, 0.5) is 0 Å². The van der Waals surface area contributed by atoms with Crippen LogP contribution >= 0.6 is 11.8 Å². The van der Waals surface area contributed by atoms with Gasteiger partial charge >= 0.3 is 0 Å². The van der Waals surface area contributed by atoms with Crippen molar-refractivity contribution in [3.63, 3.8) is 0 Å². The molecule has 0 bridgehead atoms. The number of amides is 1. The Balaban J connectivity index is 1.99. The Kier molecular flexibility index (Phi) is 3.23. The van der Waals surface area contributed by atoms with E-state index in [2.05, 4.69) is 0 Å². The predicted molar refractivity (Wildman–Crippen MR) is 60.9 cm³/mol. The van der Waals surface area contributed by atoms with Crippen LogP contribution in [0.2, 0.25) is 0 Å². The Bertz CT molecular complexity index is 248. The lowest BCUT2D eigenvalue weighted by atomic mass is 9.97. The summed E-state index contributed by atoms with van der Waals surface area (Å²) in [7, 11) is 1.87. The van der Waals surface area contributed by atoms with Crippen molar-refractivity contribution in [1.82, 2.24) is 4.90 Å². The van der Waals surface area contributed by atoms with Crippen LogP contribution in [0.25, 0.3) is 0 Å². The highest BCUT2D eigenvalue weighted by Gasteiger charge is 2.42. The van der Waals surface area contributed by atoms with Gasteiger partial charge in [0.15, 0.2) is 0 Å². The summed E-state index contributed by atoms with van der Waals surface area (Å²) < 4.78 is 5.22. The molecule has 2 aliphatic rings. The number of ether oxygens (including phenoxy) is 1. The van der Waals surface area contributed by atoms with Gasteiger partial charge in [-0.25, -0.2) is 0 Å². The molecule has 2 unspecified atom stereocenters. The Morgan fingerprint density at radius 3 is 3.00 bits per heavy atom. The second-order valence-corrected chi connectivity index (χ2v) is 5.54. The van der Waals surface area contributed by atoms with Gasteiger partial charge in [-0.3, -0.25) is 4.79 Å². The zero-order chi connectivity index (χ0) is 10.9. The van der Waals surface area contributed by atoms with Crippen LogP contribution in [0.3, 0.4) is 0 Å². The van der Waals surface area contributed by atoms with Crippen LogP contribution in [0, 0.1) is 0 Å². The fourth-order valence-corrected chi connectivity index (χ4v) is 3.36. The number of hydrogen-bond acceptors (Lipinski definition) is 4. The molecule has 2 rings (SSSR count). The van der Waals surface area contributed by atoms with Gasteiger partial charge in [-0.1, -0.05) is 0 Å². The van der Waals surface area contributed by atoms with E-state index in [9.17, 15) is 4.79 Å². The van der Waals surface area contributed by atoms with Gasteiger partial charge in [0.25, 0.3) is 0 Å². The summed E-state index contributed by atoms with van der Waals surface area (Å²) in [4.78, 5) is 14.0. The maximum atomic E-state index is 12.2. The summed E-state index contributed by atoms with van der Waals surface area (Å²) in [5, 5.41) is 0. The van der Waals surface area contributed by atoms with Crippen LogP contribution in [-0.2, 0) is 9.53 Å². The van der Waals surface area contributed by atoms with Crippen molar-refractivity contribution in [1.29, 1.82) is 0 Å². The van der Waals surface area contributed by atoms with E-state index in [-0.39, 0.29) is 5.91 Å². The average Bonchev–Trinajstić information content (AvgIpc) is 2.86. The van der Waals surface area contributed by atoms with E-state index in [1.165, 1.54) is 0 Å². The SMILES string of the molecule is CN(C(=O)C1(N)CCOC1)C1CCSC1. The number of nitrogens with zero attached hydrogens (tertiary/aromatic N) is 1. The third-order valence-corrected chi connectivity index (χ3v) is 4.40. The van der Waals surface area contributed by atoms with Crippen molar-refractivity contribution in [2.75, 3.05) is 31.8 Å². The van der Waals surface area contributed by atoms with Gasteiger partial charge in [-0.05, 0) is 18.6 Å². The highest BCUT2D eigenvalue weighted by Crippen LogP contribution is 2.25. The second kappa shape index (κ2) is 4.31. The summed E-state index contributed by atoms with van der Waals surface area (Å²) >= 11 is 1.90. The minimum absolute atomic E-state index is 0.0486. The molecule has 2 heterocycles. The molecule has 5 heteroatoms. The zero-order valence-electron chi connectivity index (χ0n) is 9.07. The molecule has 0 aliphatic carbocycles. The highest BCUT2D eigenvalue weighted by atomic mass is 32.2. The third kappa shape index (κ3) is 2.14. The molecule has 86 valence electrons. The number of thioether (sulfide) groups is 1. The standard InChI is InChI=1S/C10H18N2O2S/c1-12(8-2-5-15-6-8)9(13)10(11)3-4-14-7-10/h8H,2-7,11H2,1H3. The lowest BCUT2D eigenvalue weighted by Crippen LogP contribution is -2.57. The Morgan fingerprint density at radius 1 is 1.67 bits per heavy atom. The summed E-state index contributed by atoms with van der Waals surface area (Å²) in [6.07, 6.45) is 1.74. The Labute approximate surface area is 94.5 Å². The fourth-order valence-electron chi connectivity index (χ4n) is 2.09. The number of rotatable bonds is 2. The summed E-state index contributed by atoms with van der Waals surface area (Å²) in [5.74, 6) is 2.24. The van der Waals surface area contributed by atoms with Crippen molar-refractivity contribution < 1.29 is 9.53 Å². The molecule has 0 saturated carbocycles. The van der Waals surface area contributed by atoms with Crippen molar-refractivity contribution in [2.24, 2.45) is 5.73 Å². The maximum absolute atomic E-state index is 12.2. The molecule has 2 aliphatic heterocycles. The molecule has 0 aromatic carbocycles. The van der Waals surface area contributed by atoms with E-state index in [4.69, 9.17) is 10.5 Å². The van der Waals surface area contributed by atoms with Crippen LogP contribution in [0.15, 0.2) is 0 Å². The number of hydrogen-bond donors (Lipinski definition) is 1. The second-order valence-electron chi connectivity index (χ2n) is 4.39. The zero-order valence-corrected chi connectivity index (χ0v) is 9.89. The average molecular weight is 230 g/mol. The molecular formula is C10H18N2O2S. The van der Waals surface area contributed by atoms with Crippen molar-refractivity contribution in [3.8, 4) is 0 Å². The molecule has 2 fully saturated rings. The van der Waals surface area contributed by atoms with E-state index in [0.29, 0.717) is 25.7 Å². The van der Waals surface area contributed by atoms with Crippen LogP contribution < -0.4 is 5.73 Å². The lowest BCUT2D eigenvalue weighted by molar-refractivity contribution is -0.137. The molecule has 4 nitrogen and oxygen atoms in total. The van der Waals surface area contributed by atoms with Gasteiger partial charge in [-0.15, -0.1) is 0 Å². The fraction of sp³-hybridized carbons (Fsp3) is 0.900. The van der Waals surface area contributed by atoms with Crippen LogP contribution in [0.1, 0.15) is 12.8 Å². The third-order valence-electron chi connectivity index (χ3n) is 3.25. The van der Waals surface area contributed by atoms with Crippen LogP contribution in [0.5, 0.6) is 0 Å². The molecular weight excluding hydrogens is 212 g/mol. The number of carbonyl (C=O) groups excluding carboxylic acids is 1. The first-order chi connectivity index (χ1) is 7.13. The Hall–Kier alpha value is -0.260. The smallest absolute Gasteiger partial charge is 0.245 e. The van der Waals surface area contributed by atoms with E-state index in [1.807, 2.05) is 23.7 Å². The molecule has 0 aromatic heterocycles. The molecule has 2 atom stereocenters. The van der Waals surface area contributed by atoms with E-state index < -0.39 is 5.54 Å². The summed E-state index contributed by atoms with van der Waals surface area (Å²) in [6, 6.07) is 0.364. The molecule has 0 spiro atoms. The number of carbonyl (C=O) groups is 1. The van der Waals surface area contributed by atoms with Crippen molar-refractivity contribution in [2.45, 2.75) is 24.4 Å². The van der Waals surface area contributed by atoms with Gasteiger partial charge in [-0.2, -0.15) is 11.8 Å². The molecule has 0 aromatic rings. The Morgan fingerprint density at radius 2 is 2.47 bits per heavy atom. The molecule has 1 amide bonds. The quantitative estimate of drug-likeness (QED) is 0.729. The van der Waals surface area contributed by atoms with Gasteiger partial charge in [0.2, 0.25) is 5.91 Å². The topological polar surface area (TPSA) is 55.6 Å². The molecule has 15 heavy (non-hydrogen) atoms. The first-order valence-electron chi connectivity index (χ1n) is 5.35. The summed E-state index contributed by atoms with van der Waals surface area (Å²) in [5.41, 5.74) is 5.29. The molecule has 0 radical (unpaired) electrons.